The van der Waals surface area contributed by atoms with E-state index in [-0.39, 0.29) is 6.61 Å². The lowest BCUT2D eigenvalue weighted by Crippen LogP contribution is -2.15. The molecule has 0 bridgehead atoms. The predicted octanol–water partition coefficient (Wildman–Crippen LogP) is 1.24. The highest BCUT2D eigenvalue weighted by Gasteiger charge is 2.10. The van der Waals surface area contributed by atoms with Crippen LogP contribution in [0.4, 0.5) is 5.82 Å². The molecule has 6 heteroatoms. The smallest absolute Gasteiger partial charge is 0.128 e. The summed E-state index contributed by atoms with van der Waals surface area (Å²) in [5.41, 5.74) is 4.54. The van der Waals surface area contributed by atoms with Gasteiger partial charge in [-0.25, -0.2) is 4.98 Å². The number of pyridine rings is 1. The van der Waals surface area contributed by atoms with Gasteiger partial charge < -0.3 is 15.3 Å². The fourth-order valence-corrected chi connectivity index (χ4v) is 2.45. The molecule has 2 aromatic heterocycles. The Morgan fingerprint density at radius 1 is 1.27 bits per heavy atom. The molecule has 0 saturated carbocycles. The Hall–Kier alpha value is -1.92. The first-order valence-electron chi connectivity index (χ1n) is 7.49. The second kappa shape index (κ2) is 7.38. The van der Waals surface area contributed by atoms with Gasteiger partial charge in [0, 0.05) is 44.6 Å². The van der Waals surface area contributed by atoms with Crippen LogP contribution in [0.15, 0.2) is 18.3 Å². The van der Waals surface area contributed by atoms with Crippen molar-refractivity contribution in [2.45, 2.75) is 33.5 Å². The number of rotatable bonds is 7. The van der Waals surface area contributed by atoms with Crippen LogP contribution < -0.4 is 10.2 Å². The van der Waals surface area contributed by atoms with E-state index in [1.165, 1.54) is 11.1 Å². The summed E-state index contributed by atoms with van der Waals surface area (Å²) in [6.07, 6.45) is 1.84. The molecule has 0 spiro atoms. The van der Waals surface area contributed by atoms with Crippen LogP contribution in [0.25, 0.3) is 0 Å². The van der Waals surface area contributed by atoms with Crippen LogP contribution in [0.3, 0.4) is 0 Å². The van der Waals surface area contributed by atoms with E-state index in [0.29, 0.717) is 6.54 Å². The van der Waals surface area contributed by atoms with Crippen LogP contribution >= 0.6 is 0 Å². The SMILES string of the molecule is Cc1nn(CCO)c(C)c1CNCc1ccnc(N(C)C)c1. The van der Waals surface area contributed by atoms with Crippen LogP contribution in [0, 0.1) is 13.8 Å². The molecule has 0 aliphatic carbocycles. The Morgan fingerprint density at radius 3 is 2.73 bits per heavy atom. The van der Waals surface area contributed by atoms with Crippen molar-refractivity contribution in [2.24, 2.45) is 0 Å². The van der Waals surface area contributed by atoms with Crippen LogP contribution in [0.5, 0.6) is 0 Å². The molecule has 2 aromatic rings. The number of anilines is 1. The number of aromatic nitrogens is 3. The first kappa shape index (κ1) is 16.5. The molecule has 2 heterocycles. The monoisotopic (exact) mass is 303 g/mol. The Balaban J connectivity index is 1.98. The van der Waals surface area contributed by atoms with E-state index >= 15 is 0 Å². The molecule has 0 aliphatic rings. The fourth-order valence-electron chi connectivity index (χ4n) is 2.45. The minimum absolute atomic E-state index is 0.110. The van der Waals surface area contributed by atoms with E-state index in [0.717, 1.165) is 30.3 Å². The highest BCUT2D eigenvalue weighted by molar-refractivity contribution is 5.39. The Labute approximate surface area is 131 Å². The number of nitrogens with zero attached hydrogens (tertiary/aromatic N) is 4. The van der Waals surface area contributed by atoms with Gasteiger partial charge in [-0.05, 0) is 31.5 Å². The third-order valence-corrected chi connectivity index (χ3v) is 3.74. The number of nitrogens with one attached hydrogen (secondary N) is 1. The van der Waals surface area contributed by atoms with E-state index in [1.54, 1.807) is 0 Å². The zero-order valence-electron chi connectivity index (χ0n) is 13.8. The standard InChI is InChI=1S/C16H25N5O/c1-12-15(13(2)21(19-12)7-8-22)11-17-10-14-5-6-18-16(9-14)20(3)4/h5-6,9,17,22H,7-8,10-11H2,1-4H3. The van der Waals surface area contributed by atoms with Crippen molar-refractivity contribution in [1.29, 1.82) is 0 Å². The van der Waals surface area contributed by atoms with Gasteiger partial charge in [-0.3, -0.25) is 4.68 Å². The lowest BCUT2D eigenvalue weighted by molar-refractivity contribution is 0.267. The van der Waals surface area contributed by atoms with Crippen molar-refractivity contribution in [3.8, 4) is 0 Å². The number of aryl methyl sites for hydroxylation is 1. The molecule has 0 amide bonds. The molecule has 2 N–H and O–H groups in total. The van der Waals surface area contributed by atoms with E-state index in [4.69, 9.17) is 5.11 Å². The first-order valence-corrected chi connectivity index (χ1v) is 7.49. The third kappa shape index (κ3) is 3.84. The summed E-state index contributed by atoms with van der Waals surface area (Å²) in [6, 6.07) is 4.11. The summed E-state index contributed by atoms with van der Waals surface area (Å²) in [4.78, 5) is 6.32. The molecular weight excluding hydrogens is 278 g/mol. The molecular formula is C16H25N5O. The number of aliphatic hydroxyl groups excluding tert-OH is 1. The molecule has 0 aromatic carbocycles. The zero-order chi connectivity index (χ0) is 16.1. The van der Waals surface area contributed by atoms with E-state index in [2.05, 4.69) is 21.5 Å². The highest BCUT2D eigenvalue weighted by atomic mass is 16.3. The quantitative estimate of drug-likeness (QED) is 0.806. The molecule has 0 aliphatic heterocycles. The molecule has 0 saturated heterocycles. The average Bonchev–Trinajstić information content (AvgIpc) is 2.75. The predicted molar refractivity (Wildman–Crippen MR) is 87.9 cm³/mol. The molecule has 2 rings (SSSR count). The lowest BCUT2D eigenvalue weighted by Gasteiger charge is -2.12. The molecule has 120 valence electrons. The molecule has 0 radical (unpaired) electrons. The second-order valence-electron chi connectivity index (χ2n) is 5.62. The largest absolute Gasteiger partial charge is 0.394 e. The topological polar surface area (TPSA) is 66.2 Å². The van der Waals surface area contributed by atoms with Gasteiger partial charge in [0.1, 0.15) is 5.82 Å². The van der Waals surface area contributed by atoms with Crippen LogP contribution in [-0.2, 0) is 19.6 Å². The van der Waals surface area contributed by atoms with Gasteiger partial charge in [-0.1, -0.05) is 0 Å². The summed E-state index contributed by atoms with van der Waals surface area (Å²) < 4.78 is 1.86. The average molecular weight is 303 g/mol. The zero-order valence-corrected chi connectivity index (χ0v) is 13.8. The van der Waals surface area contributed by atoms with Crippen molar-refractivity contribution in [3.63, 3.8) is 0 Å². The van der Waals surface area contributed by atoms with Gasteiger partial charge in [0.05, 0.1) is 18.8 Å². The van der Waals surface area contributed by atoms with Crippen LogP contribution in [-0.4, -0.2) is 40.6 Å². The summed E-state index contributed by atoms with van der Waals surface area (Å²) in [5, 5.41) is 17.0. The second-order valence-corrected chi connectivity index (χ2v) is 5.62. The molecule has 0 unspecified atom stereocenters. The maximum atomic E-state index is 9.05. The van der Waals surface area contributed by atoms with Crippen molar-refractivity contribution in [3.05, 3.63) is 40.8 Å². The van der Waals surface area contributed by atoms with Crippen molar-refractivity contribution < 1.29 is 5.11 Å². The van der Waals surface area contributed by atoms with Crippen LogP contribution in [0.1, 0.15) is 22.5 Å². The van der Waals surface area contributed by atoms with Crippen molar-refractivity contribution in [2.75, 3.05) is 25.6 Å². The Kier molecular flexibility index (Phi) is 5.51. The van der Waals surface area contributed by atoms with E-state index < -0.39 is 0 Å². The number of hydrogen-bond acceptors (Lipinski definition) is 5. The van der Waals surface area contributed by atoms with Crippen molar-refractivity contribution >= 4 is 5.82 Å². The molecule has 22 heavy (non-hydrogen) atoms. The first-order chi connectivity index (χ1) is 10.5. The molecule has 6 nitrogen and oxygen atoms in total. The highest BCUT2D eigenvalue weighted by Crippen LogP contribution is 2.14. The van der Waals surface area contributed by atoms with Crippen molar-refractivity contribution in [1.82, 2.24) is 20.1 Å². The summed E-state index contributed by atoms with van der Waals surface area (Å²) in [5.74, 6) is 0.961. The van der Waals surface area contributed by atoms with Gasteiger partial charge in [0.15, 0.2) is 0 Å². The summed E-state index contributed by atoms with van der Waals surface area (Å²) in [7, 11) is 3.98. The number of aliphatic hydroxyl groups is 1. The van der Waals surface area contributed by atoms with Gasteiger partial charge in [0.25, 0.3) is 0 Å². The van der Waals surface area contributed by atoms with E-state index in [9.17, 15) is 0 Å². The van der Waals surface area contributed by atoms with Gasteiger partial charge >= 0.3 is 0 Å². The minimum atomic E-state index is 0.110. The minimum Gasteiger partial charge on any atom is -0.394 e. The normalized spacial score (nSPS) is 11.0. The van der Waals surface area contributed by atoms with E-state index in [1.807, 2.05) is 49.8 Å². The maximum Gasteiger partial charge on any atom is 0.128 e. The fraction of sp³-hybridized carbons (Fsp3) is 0.500. The summed E-state index contributed by atoms with van der Waals surface area (Å²) >= 11 is 0. The van der Waals surface area contributed by atoms with Gasteiger partial charge in [0.2, 0.25) is 0 Å². The van der Waals surface area contributed by atoms with Gasteiger partial charge in [-0.2, -0.15) is 5.10 Å². The van der Waals surface area contributed by atoms with Crippen LogP contribution in [0.2, 0.25) is 0 Å². The Bertz CT molecular complexity index is 621. The molecule has 0 fully saturated rings. The third-order valence-electron chi connectivity index (χ3n) is 3.74. The van der Waals surface area contributed by atoms with Gasteiger partial charge in [-0.15, -0.1) is 0 Å². The number of hydrogen-bond donors (Lipinski definition) is 2. The Morgan fingerprint density at radius 2 is 2.05 bits per heavy atom. The molecule has 0 atom stereocenters. The lowest BCUT2D eigenvalue weighted by atomic mass is 10.2. The maximum absolute atomic E-state index is 9.05. The summed E-state index contributed by atoms with van der Waals surface area (Å²) in [6.45, 7) is 6.26.